The van der Waals surface area contributed by atoms with Crippen molar-refractivity contribution in [3.05, 3.63) is 28.3 Å². The molecule has 0 spiro atoms. The molecule has 1 atom stereocenters. The van der Waals surface area contributed by atoms with Crippen molar-refractivity contribution in [2.75, 3.05) is 0 Å². The molecule has 20 heavy (non-hydrogen) atoms. The van der Waals surface area contributed by atoms with Crippen molar-refractivity contribution in [3.63, 3.8) is 0 Å². The van der Waals surface area contributed by atoms with Crippen LogP contribution in [-0.2, 0) is 9.05 Å². The van der Waals surface area contributed by atoms with E-state index in [4.69, 9.17) is 22.3 Å². The van der Waals surface area contributed by atoms with Crippen LogP contribution < -0.4 is 5.32 Å². The minimum Gasteiger partial charge on any atom is -0.350 e. The van der Waals surface area contributed by atoms with Gasteiger partial charge in [-0.05, 0) is 38.0 Å². The second-order valence-electron chi connectivity index (χ2n) is 4.68. The van der Waals surface area contributed by atoms with Gasteiger partial charge in [-0.3, -0.25) is 4.79 Å². The van der Waals surface area contributed by atoms with Crippen molar-refractivity contribution in [1.82, 2.24) is 5.32 Å². The monoisotopic (exact) mass is 337 g/mol. The summed E-state index contributed by atoms with van der Waals surface area (Å²) in [5, 5.41) is 2.98. The van der Waals surface area contributed by atoms with Crippen molar-refractivity contribution in [3.8, 4) is 0 Å². The van der Waals surface area contributed by atoms with Gasteiger partial charge in [0.05, 0.1) is 4.90 Å². The minimum atomic E-state index is -3.94. The van der Waals surface area contributed by atoms with Crippen molar-refractivity contribution in [2.45, 2.75) is 44.6 Å². The maximum atomic E-state index is 12.1. The van der Waals surface area contributed by atoms with Crippen LogP contribution in [0, 0.1) is 6.92 Å². The van der Waals surface area contributed by atoms with Gasteiger partial charge in [0, 0.05) is 27.3 Å². The summed E-state index contributed by atoms with van der Waals surface area (Å²) < 4.78 is 23.0. The van der Waals surface area contributed by atoms with Gasteiger partial charge >= 0.3 is 0 Å². The Morgan fingerprint density at radius 1 is 1.40 bits per heavy atom. The molecule has 0 fully saturated rings. The molecule has 1 aromatic rings. The van der Waals surface area contributed by atoms with Gasteiger partial charge in [-0.15, -0.1) is 0 Å². The third-order valence-corrected chi connectivity index (χ3v) is 4.76. The van der Waals surface area contributed by atoms with E-state index in [1.54, 1.807) is 6.92 Å². The molecule has 1 amide bonds. The summed E-state index contributed by atoms with van der Waals surface area (Å²) in [4.78, 5) is 11.9. The zero-order valence-electron chi connectivity index (χ0n) is 11.5. The smallest absolute Gasteiger partial charge is 0.261 e. The molecule has 112 valence electrons. The zero-order chi connectivity index (χ0) is 15.5. The predicted molar refractivity (Wildman–Crippen MR) is 81.1 cm³/mol. The summed E-state index contributed by atoms with van der Waals surface area (Å²) in [5.74, 6) is -0.366. The number of hydrogen-bond acceptors (Lipinski definition) is 3. The standard InChI is InChI=1S/C13H17Cl2NO3S/c1-4-5-8(2)16-13(17)10-6-11(14)9(3)12(7-10)20(15,18)19/h6-8H,4-5H2,1-3H3,(H,16,17). The van der Waals surface area contributed by atoms with E-state index in [0.29, 0.717) is 5.56 Å². The molecule has 0 bridgehead atoms. The molecule has 1 N–H and O–H groups in total. The molecular weight excluding hydrogens is 321 g/mol. The summed E-state index contributed by atoms with van der Waals surface area (Å²) in [6, 6.07) is 2.69. The number of hydrogen-bond donors (Lipinski definition) is 1. The normalized spacial score (nSPS) is 13.1. The van der Waals surface area contributed by atoms with Gasteiger partial charge in [0.25, 0.3) is 15.0 Å². The van der Waals surface area contributed by atoms with Crippen molar-refractivity contribution < 1.29 is 13.2 Å². The van der Waals surface area contributed by atoms with E-state index in [2.05, 4.69) is 5.32 Å². The largest absolute Gasteiger partial charge is 0.350 e. The van der Waals surface area contributed by atoms with E-state index in [0.717, 1.165) is 12.8 Å². The van der Waals surface area contributed by atoms with Gasteiger partial charge < -0.3 is 5.32 Å². The molecule has 0 aliphatic carbocycles. The van der Waals surface area contributed by atoms with Crippen LogP contribution in [0.2, 0.25) is 5.02 Å². The van der Waals surface area contributed by atoms with E-state index in [1.807, 2.05) is 13.8 Å². The summed E-state index contributed by atoms with van der Waals surface area (Å²) in [6.07, 6.45) is 1.78. The number of halogens is 2. The number of nitrogens with one attached hydrogen (secondary N) is 1. The molecule has 1 unspecified atom stereocenters. The molecule has 4 nitrogen and oxygen atoms in total. The summed E-state index contributed by atoms with van der Waals surface area (Å²) in [6.45, 7) is 5.44. The lowest BCUT2D eigenvalue weighted by Crippen LogP contribution is -2.32. The highest BCUT2D eigenvalue weighted by molar-refractivity contribution is 8.13. The lowest BCUT2D eigenvalue weighted by atomic mass is 10.1. The van der Waals surface area contributed by atoms with E-state index < -0.39 is 9.05 Å². The summed E-state index contributed by atoms with van der Waals surface area (Å²) in [5.41, 5.74) is 0.516. The van der Waals surface area contributed by atoms with E-state index in [1.165, 1.54) is 12.1 Å². The average molecular weight is 338 g/mol. The number of benzene rings is 1. The second-order valence-corrected chi connectivity index (χ2v) is 7.62. The fourth-order valence-electron chi connectivity index (χ4n) is 1.85. The topological polar surface area (TPSA) is 63.2 Å². The number of rotatable bonds is 5. The molecule has 0 aromatic heterocycles. The highest BCUT2D eigenvalue weighted by Gasteiger charge is 2.20. The number of carbonyl (C=O) groups is 1. The van der Waals surface area contributed by atoms with E-state index in [9.17, 15) is 13.2 Å². The second kappa shape index (κ2) is 6.78. The molecule has 0 aliphatic heterocycles. The molecule has 0 saturated carbocycles. The first kappa shape index (κ1) is 17.3. The Balaban J connectivity index is 3.15. The molecule has 0 heterocycles. The molecule has 1 aromatic carbocycles. The quantitative estimate of drug-likeness (QED) is 0.836. The Bertz CT molecular complexity index is 614. The maximum Gasteiger partial charge on any atom is 0.261 e. The van der Waals surface area contributed by atoms with Gasteiger partial charge in [0.2, 0.25) is 0 Å². The van der Waals surface area contributed by atoms with Crippen LogP contribution in [0.3, 0.4) is 0 Å². The molecule has 0 aliphatic rings. The van der Waals surface area contributed by atoms with Crippen LogP contribution in [0.5, 0.6) is 0 Å². The van der Waals surface area contributed by atoms with E-state index in [-0.39, 0.29) is 27.4 Å². The Morgan fingerprint density at radius 2 is 2.00 bits per heavy atom. The average Bonchev–Trinajstić information content (AvgIpc) is 2.30. The highest BCUT2D eigenvalue weighted by atomic mass is 35.7. The first-order valence-electron chi connectivity index (χ1n) is 6.22. The Labute approximate surface area is 128 Å². The van der Waals surface area contributed by atoms with Crippen LogP contribution >= 0.6 is 22.3 Å². The van der Waals surface area contributed by atoms with Crippen LogP contribution in [0.4, 0.5) is 0 Å². The van der Waals surface area contributed by atoms with Crippen molar-refractivity contribution in [2.24, 2.45) is 0 Å². The third kappa shape index (κ3) is 4.36. The van der Waals surface area contributed by atoms with E-state index >= 15 is 0 Å². The Morgan fingerprint density at radius 3 is 2.50 bits per heavy atom. The minimum absolute atomic E-state index is 0.00337. The van der Waals surface area contributed by atoms with Gasteiger partial charge in [0.1, 0.15) is 0 Å². The van der Waals surface area contributed by atoms with Crippen molar-refractivity contribution >= 4 is 37.2 Å². The first-order chi connectivity index (χ1) is 9.16. The predicted octanol–water partition coefficient (Wildman–Crippen LogP) is 3.49. The van der Waals surface area contributed by atoms with Crippen LogP contribution in [0.15, 0.2) is 17.0 Å². The van der Waals surface area contributed by atoms with Crippen LogP contribution in [0.1, 0.15) is 42.6 Å². The molecule has 7 heteroatoms. The molecular formula is C13H17Cl2NO3S. The van der Waals surface area contributed by atoms with Gasteiger partial charge in [-0.2, -0.15) is 0 Å². The fourth-order valence-corrected chi connectivity index (χ4v) is 3.35. The third-order valence-electron chi connectivity index (χ3n) is 2.92. The first-order valence-corrected chi connectivity index (χ1v) is 8.91. The number of carbonyl (C=O) groups excluding carboxylic acids is 1. The summed E-state index contributed by atoms with van der Waals surface area (Å²) in [7, 11) is 1.41. The molecule has 1 rings (SSSR count). The lowest BCUT2D eigenvalue weighted by Gasteiger charge is -2.14. The van der Waals surface area contributed by atoms with Gasteiger partial charge in [0.15, 0.2) is 0 Å². The fraction of sp³-hybridized carbons (Fsp3) is 0.462. The van der Waals surface area contributed by atoms with Crippen molar-refractivity contribution in [1.29, 1.82) is 0 Å². The molecule has 0 saturated heterocycles. The maximum absolute atomic E-state index is 12.1. The van der Waals surface area contributed by atoms with Crippen LogP contribution in [-0.4, -0.2) is 20.4 Å². The Hall–Kier alpha value is -0.780. The Kier molecular flexibility index (Phi) is 5.86. The lowest BCUT2D eigenvalue weighted by molar-refractivity contribution is 0.0938. The van der Waals surface area contributed by atoms with Gasteiger partial charge in [-0.25, -0.2) is 8.42 Å². The van der Waals surface area contributed by atoms with Gasteiger partial charge in [-0.1, -0.05) is 24.9 Å². The summed E-state index contributed by atoms with van der Waals surface area (Å²) >= 11 is 5.96. The number of amides is 1. The highest BCUT2D eigenvalue weighted by Crippen LogP contribution is 2.27. The zero-order valence-corrected chi connectivity index (χ0v) is 13.9. The van der Waals surface area contributed by atoms with Crippen LogP contribution in [0.25, 0.3) is 0 Å². The molecule has 0 radical (unpaired) electrons. The SMILES string of the molecule is CCCC(C)NC(=O)c1cc(Cl)c(C)c(S(=O)(=O)Cl)c1.